The first kappa shape index (κ1) is 21.2. The first-order chi connectivity index (χ1) is 10.5. The molecule has 134 valence electrons. The maximum absolute atomic E-state index is 12.3. The lowest BCUT2D eigenvalue weighted by atomic mass is 10.1. The fourth-order valence-corrected chi connectivity index (χ4v) is 1.91. The molecule has 0 N–H and O–H groups in total. The number of nitrogens with zero attached hydrogens (tertiary/aromatic N) is 1. The van der Waals surface area contributed by atoms with Gasteiger partial charge in [0.25, 0.3) is 0 Å². The molecule has 23 heavy (non-hydrogen) atoms. The number of hydrogen-bond donors (Lipinski definition) is 0. The minimum absolute atomic E-state index is 0.154. The first-order valence-corrected chi connectivity index (χ1v) is 7.74. The first-order valence-electron chi connectivity index (χ1n) is 7.74. The van der Waals surface area contributed by atoms with Crippen molar-refractivity contribution in [1.29, 1.82) is 0 Å². The lowest BCUT2D eigenvalue weighted by Crippen LogP contribution is -2.48. The van der Waals surface area contributed by atoms with Crippen molar-refractivity contribution in [3.8, 4) is 0 Å². The van der Waals surface area contributed by atoms with Crippen molar-refractivity contribution in [1.82, 2.24) is 4.90 Å². The van der Waals surface area contributed by atoms with Crippen LogP contribution in [-0.4, -0.2) is 54.8 Å². The van der Waals surface area contributed by atoms with Crippen LogP contribution in [0.5, 0.6) is 0 Å². The Kier molecular flexibility index (Phi) is 8.64. The molecule has 0 aromatic heterocycles. The molecule has 0 aromatic rings. The molecule has 7 nitrogen and oxygen atoms in total. The number of rotatable bonds is 7. The molecule has 0 aliphatic heterocycles. The number of hydrogen-bond acceptors (Lipinski definition) is 6. The molecule has 0 radical (unpaired) electrons. The van der Waals surface area contributed by atoms with Crippen molar-refractivity contribution in [2.75, 3.05) is 20.3 Å². The van der Waals surface area contributed by atoms with E-state index >= 15 is 0 Å². The van der Waals surface area contributed by atoms with Crippen LogP contribution in [-0.2, 0) is 23.8 Å². The number of carbonyl (C=O) groups excluding carboxylic acids is 3. The highest BCUT2D eigenvalue weighted by Crippen LogP contribution is 2.16. The number of methoxy groups -OCH3 is 1. The Bertz CT molecular complexity index is 415. The van der Waals surface area contributed by atoms with Crippen LogP contribution in [0.1, 0.15) is 48.0 Å². The van der Waals surface area contributed by atoms with Crippen LogP contribution in [0.15, 0.2) is 0 Å². The summed E-state index contributed by atoms with van der Waals surface area (Å²) in [4.78, 5) is 36.9. The van der Waals surface area contributed by atoms with Crippen molar-refractivity contribution in [3.05, 3.63) is 0 Å². The van der Waals surface area contributed by atoms with E-state index in [1.807, 2.05) is 0 Å². The number of ether oxygens (including phenoxy) is 3. The summed E-state index contributed by atoms with van der Waals surface area (Å²) in [5.41, 5.74) is -0.685. The summed E-state index contributed by atoms with van der Waals surface area (Å²) in [5.74, 6) is -1.07. The fourth-order valence-electron chi connectivity index (χ4n) is 1.91. The molecule has 0 bridgehead atoms. The van der Waals surface area contributed by atoms with Gasteiger partial charge in [0.1, 0.15) is 11.6 Å². The van der Waals surface area contributed by atoms with Crippen molar-refractivity contribution < 1.29 is 28.6 Å². The molecule has 7 heteroatoms. The van der Waals surface area contributed by atoms with Gasteiger partial charge in [0.05, 0.1) is 13.7 Å². The summed E-state index contributed by atoms with van der Waals surface area (Å²) in [5, 5.41) is 0. The fraction of sp³-hybridized carbons (Fsp3) is 0.812. The third kappa shape index (κ3) is 8.42. The molecule has 0 heterocycles. The molecule has 0 aliphatic rings. The maximum Gasteiger partial charge on any atom is 0.411 e. The third-order valence-corrected chi connectivity index (χ3v) is 2.97. The van der Waals surface area contributed by atoms with Gasteiger partial charge in [0.2, 0.25) is 0 Å². The van der Waals surface area contributed by atoms with Gasteiger partial charge in [0, 0.05) is 13.0 Å². The Hall–Kier alpha value is -1.79. The predicted octanol–water partition coefficient (Wildman–Crippen LogP) is 2.37. The Labute approximate surface area is 138 Å². The summed E-state index contributed by atoms with van der Waals surface area (Å²) < 4.78 is 14.9. The third-order valence-electron chi connectivity index (χ3n) is 2.97. The van der Waals surface area contributed by atoms with Gasteiger partial charge in [-0.15, -0.1) is 0 Å². The molecule has 2 atom stereocenters. The summed E-state index contributed by atoms with van der Waals surface area (Å²) in [6, 6.07) is -0.806. The molecule has 0 aromatic carbocycles. The second kappa shape index (κ2) is 9.37. The van der Waals surface area contributed by atoms with E-state index < -0.39 is 23.7 Å². The van der Waals surface area contributed by atoms with Gasteiger partial charge in [-0.1, -0.05) is 6.92 Å². The van der Waals surface area contributed by atoms with Gasteiger partial charge in [-0.2, -0.15) is 0 Å². The molecule has 0 rings (SSSR count). The van der Waals surface area contributed by atoms with E-state index in [0.29, 0.717) is 6.61 Å². The van der Waals surface area contributed by atoms with E-state index in [4.69, 9.17) is 14.2 Å². The van der Waals surface area contributed by atoms with Crippen LogP contribution in [0.25, 0.3) is 0 Å². The average Bonchev–Trinajstić information content (AvgIpc) is 2.41. The van der Waals surface area contributed by atoms with Crippen LogP contribution < -0.4 is 0 Å². The maximum atomic E-state index is 12.3. The Morgan fingerprint density at radius 3 is 2.13 bits per heavy atom. The van der Waals surface area contributed by atoms with Gasteiger partial charge in [-0.05, 0) is 40.5 Å². The Balaban J connectivity index is 5.01. The molecular formula is C16H29NO6. The van der Waals surface area contributed by atoms with E-state index in [0.717, 1.165) is 0 Å². The van der Waals surface area contributed by atoms with Crippen LogP contribution in [0, 0.1) is 5.92 Å². The van der Waals surface area contributed by atoms with E-state index in [1.54, 1.807) is 41.5 Å². The highest BCUT2D eigenvalue weighted by molar-refractivity contribution is 5.81. The second-order valence-corrected chi connectivity index (χ2v) is 6.45. The predicted molar refractivity (Wildman–Crippen MR) is 84.8 cm³/mol. The largest absolute Gasteiger partial charge is 0.467 e. The molecule has 0 spiro atoms. The molecular weight excluding hydrogens is 302 g/mol. The average molecular weight is 331 g/mol. The lowest BCUT2D eigenvalue weighted by Gasteiger charge is -2.32. The standard InChI is InChI=1S/C16H29NO6/c1-8-22-13(18)9-11(2)10-17(12(3)14(19)21-7)15(20)23-16(4,5)6/h11-12H,8-10H2,1-7H3/t11?,12-/m1/s1. The summed E-state index contributed by atoms with van der Waals surface area (Å²) >= 11 is 0. The smallest absolute Gasteiger partial charge is 0.411 e. The topological polar surface area (TPSA) is 82.1 Å². The molecule has 1 unspecified atom stereocenters. The zero-order chi connectivity index (χ0) is 18.2. The summed E-state index contributed by atoms with van der Waals surface area (Å²) in [6.45, 7) is 10.8. The van der Waals surface area contributed by atoms with Gasteiger partial charge in [0.15, 0.2) is 0 Å². The molecule has 0 saturated carbocycles. The van der Waals surface area contributed by atoms with E-state index in [2.05, 4.69) is 0 Å². The van der Waals surface area contributed by atoms with Crippen molar-refractivity contribution in [2.24, 2.45) is 5.92 Å². The highest BCUT2D eigenvalue weighted by atomic mass is 16.6. The summed E-state index contributed by atoms with van der Waals surface area (Å²) in [6.07, 6.45) is -0.466. The van der Waals surface area contributed by atoms with Gasteiger partial charge in [-0.25, -0.2) is 9.59 Å². The van der Waals surface area contributed by atoms with E-state index in [1.165, 1.54) is 12.0 Å². The number of amides is 1. The van der Waals surface area contributed by atoms with Crippen molar-refractivity contribution in [3.63, 3.8) is 0 Å². The van der Waals surface area contributed by atoms with Gasteiger partial charge >= 0.3 is 18.0 Å². The molecule has 0 aliphatic carbocycles. The SMILES string of the molecule is CCOC(=O)CC(C)CN(C(=O)OC(C)(C)C)[C@H](C)C(=O)OC. The Morgan fingerprint density at radius 1 is 1.13 bits per heavy atom. The van der Waals surface area contributed by atoms with Crippen LogP contribution in [0.3, 0.4) is 0 Å². The van der Waals surface area contributed by atoms with Crippen molar-refractivity contribution in [2.45, 2.75) is 59.6 Å². The van der Waals surface area contributed by atoms with Crippen LogP contribution in [0.4, 0.5) is 4.79 Å². The lowest BCUT2D eigenvalue weighted by molar-refractivity contribution is -0.146. The number of carbonyl (C=O) groups is 3. The van der Waals surface area contributed by atoms with Gasteiger partial charge < -0.3 is 14.2 Å². The van der Waals surface area contributed by atoms with Crippen LogP contribution >= 0.6 is 0 Å². The highest BCUT2D eigenvalue weighted by Gasteiger charge is 2.32. The monoisotopic (exact) mass is 331 g/mol. The quantitative estimate of drug-likeness (QED) is 0.526. The van der Waals surface area contributed by atoms with Gasteiger partial charge in [-0.3, -0.25) is 9.69 Å². The Morgan fingerprint density at radius 2 is 1.70 bits per heavy atom. The van der Waals surface area contributed by atoms with E-state index in [9.17, 15) is 14.4 Å². The van der Waals surface area contributed by atoms with Crippen LogP contribution in [0.2, 0.25) is 0 Å². The normalized spacial score (nSPS) is 13.7. The van der Waals surface area contributed by atoms with E-state index in [-0.39, 0.29) is 24.9 Å². The second-order valence-electron chi connectivity index (χ2n) is 6.45. The minimum Gasteiger partial charge on any atom is -0.467 e. The molecule has 1 amide bonds. The zero-order valence-electron chi connectivity index (χ0n) is 15.2. The molecule has 0 fully saturated rings. The summed E-state index contributed by atoms with van der Waals surface area (Å²) in [7, 11) is 1.26. The zero-order valence-corrected chi connectivity index (χ0v) is 15.2. The molecule has 0 saturated heterocycles. The number of esters is 2. The minimum atomic E-state index is -0.806. The van der Waals surface area contributed by atoms with Crippen molar-refractivity contribution >= 4 is 18.0 Å².